The zero-order valence-corrected chi connectivity index (χ0v) is 6.87. The zero-order chi connectivity index (χ0) is 9.80. The van der Waals surface area contributed by atoms with Gasteiger partial charge in [0, 0.05) is 0 Å². The van der Waals surface area contributed by atoms with Gasteiger partial charge in [-0.25, -0.2) is 4.98 Å². The summed E-state index contributed by atoms with van der Waals surface area (Å²) in [4.78, 5) is 4.06. The molecule has 2 aromatic rings. The number of oxazole rings is 1. The van der Waals surface area contributed by atoms with Crippen LogP contribution in [0.5, 0.6) is 0 Å². The monoisotopic (exact) mass is 174 g/mol. The van der Waals surface area contributed by atoms with E-state index in [0.29, 0.717) is 6.54 Å². The summed E-state index contributed by atoms with van der Waals surface area (Å²) >= 11 is 0. The van der Waals surface area contributed by atoms with Gasteiger partial charge in [-0.05, 0) is 12.1 Å². The Kier molecular flexibility index (Phi) is 1.70. The quantitative estimate of drug-likeness (QED) is 0.659. The van der Waals surface area contributed by atoms with Crippen LogP contribution in [0, 0.1) is 11.8 Å². The van der Waals surface area contributed by atoms with Crippen molar-refractivity contribution in [3.05, 3.63) is 30.2 Å². The van der Waals surface area contributed by atoms with Gasteiger partial charge in [0.1, 0.15) is 6.93 Å². The standard InChI is InChI=1S/C10H8N2O/c11-6-2-4-8-3-1-5-9-10(8)12-7-13-9/h1,3,5,7H,6,11H2/i/hT. The summed E-state index contributed by atoms with van der Waals surface area (Å²) in [6.45, 7) is 0.342. The summed E-state index contributed by atoms with van der Waals surface area (Å²) in [5.41, 5.74) is 4.54. The number of aromatic nitrogens is 1. The van der Waals surface area contributed by atoms with Crippen LogP contribution in [-0.2, 0) is 0 Å². The van der Waals surface area contributed by atoms with Crippen molar-refractivity contribution in [1.29, 1.82) is 0 Å². The van der Waals surface area contributed by atoms with Crippen LogP contribution in [0.15, 0.2) is 29.0 Å². The van der Waals surface area contributed by atoms with Gasteiger partial charge >= 0.3 is 0 Å². The van der Waals surface area contributed by atoms with E-state index in [1.165, 1.54) is 6.39 Å². The Balaban J connectivity index is 2.43. The minimum absolute atomic E-state index is 0.342. The number of hydrogen-bond acceptors (Lipinski definition) is 3. The van der Waals surface area contributed by atoms with E-state index in [-0.39, 0.29) is 0 Å². The maximum atomic E-state index is 6.71. The van der Waals surface area contributed by atoms with Crippen molar-refractivity contribution in [3.8, 4) is 11.8 Å². The minimum atomic E-state index is 0.342. The topological polar surface area (TPSA) is 52.0 Å². The second-order valence-electron chi connectivity index (χ2n) is 2.48. The number of nitrogens with zero attached hydrogens (tertiary/aromatic N) is 1. The van der Waals surface area contributed by atoms with Crippen molar-refractivity contribution in [1.82, 2.24) is 4.98 Å². The molecule has 0 radical (unpaired) electrons. The van der Waals surface area contributed by atoms with E-state index in [4.69, 9.17) is 5.83 Å². The van der Waals surface area contributed by atoms with Crippen LogP contribution in [0.2, 0.25) is 1.41 Å². The highest BCUT2D eigenvalue weighted by Gasteiger charge is 2.00. The largest absolute Gasteiger partial charge is 0.443 e. The molecule has 0 saturated carbocycles. The lowest BCUT2D eigenvalue weighted by atomic mass is 10.2. The molecule has 0 atom stereocenters. The third-order valence-corrected chi connectivity index (χ3v) is 1.67. The van der Waals surface area contributed by atoms with Crippen LogP contribution >= 0.6 is 0 Å². The fraction of sp³-hybridized carbons (Fsp3) is 0.100. The molecule has 0 aliphatic rings. The van der Waals surface area contributed by atoms with Gasteiger partial charge in [0.2, 0.25) is 0 Å². The van der Waals surface area contributed by atoms with Crippen molar-refractivity contribution < 1.29 is 5.83 Å². The van der Waals surface area contributed by atoms with E-state index in [2.05, 4.69) is 22.6 Å². The Morgan fingerprint density at radius 2 is 2.62 bits per heavy atom. The molecule has 0 amide bonds. The number of hydrogen-bond donors (Lipinski definition) is 1. The molecule has 1 aromatic carbocycles. The summed E-state index contributed by atoms with van der Waals surface area (Å²) in [7, 11) is 0. The van der Waals surface area contributed by atoms with Gasteiger partial charge in [-0.3, -0.25) is 0 Å². The minimum Gasteiger partial charge on any atom is -0.443 e. The predicted molar refractivity (Wildman–Crippen MR) is 49.9 cm³/mol. The average Bonchev–Trinajstić information content (AvgIpc) is 2.67. The molecule has 0 aliphatic carbocycles. The Morgan fingerprint density at radius 1 is 1.62 bits per heavy atom. The molecule has 1 aromatic heterocycles. The molecule has 0 fully saturated rings. The van der Waals surface area contributed by atoms with Gasteiger partial charge in [-0.2, -0.15) is 0 Å². The number of nitrogens with two attached hydrogens (primary N) is 1. The summed E-state index contributed by atoms with van der Waals surface area (Å²) in [6, 6.07) is 5.59. The van der Waals surface area contributed by atoms with Crippen molar-refractivity contribution in [2.75, 3.05) is 6.54 Å². The summed E-state index contributed by atoms with van der Waals surface area (Å²) in [6.07, 6.45) is 1.40. The van der Waals surface area contributed by atoms with Gasteiger partial charge < -0.3 is 10.1 Å². The lowest BCUT2D eigenvalue weighted by Gasteiger charge is -1.89. The first-order valence-electron chi connectivity index (χ1n) is 4.37. The summed E-state index contributed by atoms with van der Waals surface area (Å²) < 4.78 is 11.8. The molecule has 0 unspecified atom stereocenters. The third-order valence-electron chi connectivity index (χ3n) is 1.67. The van der Waals surface area contributed by atoms with E-state index in [9.17, 15) is 0 Å². The van der Waals surface area contributed by atoms with Gasteiger partial charge in [0.25, 0.3) is 0 Å². The van der Waals surface area contributed by atoms with Crippen LogP contribution in [-0.4, -0.2) is 11.5 Å². The molecule has 2 rings (SSSR count). The highest BCUT2D eigenvalue weighted by atomic mass is 16.3. The molecule has 1 heterocycles. The number of benzene rings is 1. The summed E-state index contributed by atoms with van der Waals surface area (Å²) in [5, 5.41) is 0. The van der Waals surface area contributed by atoms with Gasteiger partial charge in [0.15, 0.2) is 12.0 Å². The molecule has 13 heavy (non-hydrogen) atoms. The lowest BCUT2D eigenvalue weighted by Crippen LogP contribution is -1.93. The average molecular weight is 174 g/mol. The smallest absolute Gasteiger partial charge is 0.182 e. The van der Waals surface area contributed by atoms with Gasteiger partial charge in [0.05, 0.1) is 12.1 Å². The van der Waals surface area contributed by atoms with E-state index < -0.39 is 0 Å². The van der Waals surface area contributed by atoms with Crippen LogP contribution in [0.4, 0.5) is 0 Å². The van der Waals surface area contributed by atoms with Crippen molar-refractivity contribution in [3.63, 3.8) is 0 Å². The molecule has 0 aliphatic heterocycles. The molecule has 0 saturated heterocycles. The fourth-order valence-electron chi connectivity index (χ4n) is 1.13. The van der Waals surface area contributed by atoms with Crippen molar-refractivity contribution in [2.24, 2.45) is 5.73 Å². The Hall–Kier alpha value is -1.79. The highest BCUT2D eigenvalue weighted by molar-refractivity contribution is 5.79. The maximum absolute atomic E-state index is 6.71. The van der Waals surface area contributed by atoms with Gasteiger partial charge in [-0.15, -0.1) is 0 Å². The molecule has 3 heteroatoms. The van der Waals surface area contributed by atoms with E-state index in [0.717, 1.165) is 16.7 Å². The van der Waals surface area contributed by atoms with Crippen LogP contribution in [0.3, 0.4) is 0 Å². The van der Waals surface area contributed by atoms with E-state index in [1.54, 1.807) is 0 Å². The number of fused-ring (bicyclic) bond motifs is 1. The van der Waals surface area contributed by atoms with Crippen molar-refractivity contribution >= 4 is 11.1 Å². The van der Waals surface area contributed by atoms with Crippen LogP contribution in [0.1, 0.15) is 5.56 Å². The Bertz CT molecular complexity index is 495. The molecule has 0 spiro atoms. The van der Waals surface area contributed by atoms with E-state index >= 15 is 0 Å². The Labute approximate surface area is 77.0 Å². The molecule has 2 N–H and O–H groups in total. The SMILES string of the molecule is [3H]NCC#Cc1cccc2ocnc12. The normalized spacial score (nSPS) is 10.6. The molecule has 0 bridgehead atoms. The van der Waals surface area contributed by atoms with E-state index in [1.807, 2.05) is 18.2 Å². The first-order valence-corrected chi connectivity index (χ1v) is 3.87. The zero-order valence-electron chi connectivity index (χ0n) is 7.87. The maximum Gasteiger partial charge on any atom is 0.182 e. The third kappa shape index (κ3) is 1.40. The van der Waals surface area contributed by atoms with Crippen molar-refractivity contribution in [2.45, 2.75) is 0 Å². The second kappa shape index (κ2) is 3.30. The first-order chi connectivity index (χ1) is 6.92. The number of rotatable bonds is 1. The summed E-state index contributed by atoms with van der Waals surface area (Å²) in [5.74, 6) is 5.72. The molecular formula is C10H8N2O. The number of para-hydroxylation sites is 1. The Morgan fingerprint density at radius 3 is 3.54 bits per heavy atom. The molecular weight excluding hydrogens is 164 g/mol. The molecule has 3 nitrogen and oxygen atoms in total. The molecule has 64 valence electrons. The fourth-order valence-corrected chi connectivity index (χ4v) is 1.13. The highest BCUT2D eigenvalue weighted by Crippen LogP contribution is 2.15. The first kappa shape index (κ1) is 6.70. The lowest BCUT2D eigenvalue weighted by molar-refractivity contribution is 0.602. The predicted octanol–water partition coefficient (Wildman–Crippen LogP) is 1.14. The second-order valence-corrected chi connectivity index (χ2v) is 2.48. The van der Waals surface area contributed by atoms with Crippen LogP contribution < -0.4 is 5.73 Å². The van der Waals surface area contributed by atoms with Gasteiger partial charge in [-0.1, -0.05) is 17.9 Å². The van der Waals surface area contributed by atoms with Crippen LogP contribution in [0.25, 0.3) is 11.1 Å².